The number of likely N-dealkylation sites (tertiary alicyclic amines) is 1. The number of benzene rings is 1. The summed E-state index contributed by atoms with van der Waals surface area (Å²) in [7, 11) is 0. The van der Waals surface area contributed by atoms with Gasteiger partial charge in [0.25, 0.3) is 0 Å². The van der Waals surface area contributed by atoms with Crippen molar-refractivity contribution in [3.05, 3.63) is 35.4 Å². The number of hydrogen-bond acceptors (Lipinski definition) is 1. The van der Waals surface area contributed by atoms with Crippen LogP contribution in [0.1, 0.15) is 43.7 Å². The molecule has 20 heavy (non-hydrogen) atoms. The first-order valence-electron chi connectivity index (χ1n) is 7.43. The van der Waals surface area contributed by atoms with Gasteiger partial charge in [-0.05, 0) is 30.4 Å². The smallest absolute Gasteiger partial charge is 0.191 e. The van der Waals surface area contributed by atoms with E-state index < -0.39 is 0 Å². The van der Waals surface area contributed by atoms with E-state index in [1.54, 1.807) is 0 Å². The van der Waals surface area contributed by atoms with Crippen LogP contribution >= 0.6 is 24.0 Å². The predicted octanol–water partition coefficient (Wildman–Crippen LogP) is 3.56. The summed E-state index contributed by atoms with van der Waals surface area (Å²) in [5.41, 5.74) is 8.80. The fourth-order valence-corrected chi connectivity index (χ4v) is 2.62. The van der Waals surface area contributed by atoms with Gasteiger partial charge >= 0.3 is 0 Å². The highest BCUT2D eigenvalue weighted by Gasteiger charge is 2.10. The number of rotatable bonds is 3. The molecule has 3 nitrogen and oxygen atoms in total. The van der Waals surface area contributed by atoms with Crippen LogP contribution in [0, 0.1) is 0 Å². The molecule has 0 amide bonds. The molecule has 0 radical (unpaired) electrons. The summed E-state index contributed by atoms with van der Waals surface area (Å²) in [4.78, 5) is 6.83. The molecule has 4 heteroatoms. The molecule has 0 unspecified atom stereocenters. The molecule has 0 saturated carbocycles. The number of nitrogens with two attached hydrogens (primary N) is 1. The molecule has 1 saturated heterocycles. The van der Waals surface area contributed by atoms with Gasteiger partial charge in [-0.25, -0.2) is 4.99 Å². The van der Waals surface area contributed by atoms with Gasteiger partial charge in [-0.3, -0.25) is 0 Å². The molecule has 2 rings (SSSR count). The minimum absolute atomic E-state index is 0. The van der Waals surface area contributed by atoms with Crippen molar-refractivity contribution in [1.29, 1.82) is 0 Å². The minimum atomic E-state index is 0. The lowest BCUT2D eigenvalue weighted by Gasteiger charge is -2.21. The maximum Gasteiger partial charge on any atom is 0.191 e. The summed E-state index contributed by atoms with van der Waals surface area (Å²) < 4.78 is 0. The number of halogens is 1. The zero-order valence-corrected chi connectivity index (χ0v) is 14.7. The Morgan fingerprint density at radius 1 is 1.10 bits per heavy atom. The third-order valence-corrected chi connectivity index (χ3v) is 3.84. The molecule has 112 valence electrons. The van der Waals surface area contributed by atoms with Gasteiger partial charge in [-0.2, -0.15) is 0 Å². The fraction of sp³-hybridized carbons (Fsp3) is 0.562. The molecule has 0 aliphatic carbocycles. The maximum absolute atomic E-state index is 6.13. The van der Waals surface area contributed by atoms with Gasteiger partial charge in [0.05, 0.1) is 6.54 Å². The quantitative estimate of drug-likeness (QED) is 0.490. The van der Waals surface area contributed by atoms with Crippen molar-refractivity contribution in [1.82, 2.24) is 4.90 Å². The van der Waals surface area contributed by atoms with Gasteiger partial charge in [-0.15, -0.1) is 24.0 Å². The van der Waals surface area contributed by atoms with Crippen LogP contribution in [0.25, 0.3) is 0 Å². The monoisotopic (exact) mass is 387 g/mol. The molecule has 1 aromatic carbocycles. The second kappa shape index (κ2) is 9.21. The highest BCUT2D eigenvalue weighted by atomic mass is 127. The molecule has 1 aliphatic heterocycles. The second-order valence-corrected chi connectivity index (χ2v) is 5.20. The van der Waals surface area contributed by atoms with Crippen LogP contribution in [-0.2, 0) is 13.0 Å². The van der Waals surface area contributed by atoms with Gasteiger partial charge < -0.3 is 10.6 Å². The average Bonchev–Trinajstić information content (AvgIpc) is 2.74. The lowest BCUT2D eigenvalue weighted by molar-refractivity contribution is 0.428. The Morgan fingerprint density at radius 3 is 2.30 bits per heavy atom. The molecule has 1 aliphatic rings. The first-order chi connectivity index (χ1) is 9.31. The van der Waals surface area contributed by atoms with Crippen molar-refractivity contribution >= 4 is 29.9 Å². The minimum Gasteiger partial charge on any atom is -0.370 e. The Morgan fingerprint density at radius 2 is 1.70 bits per heavy atom. The van der Waals surface area contributed by atoms with Crippen LogP contribution in [0.4, 0.5) is 0 Å². The SMILES string of the molecule is CCc1ccccc1CN=C(N)N1CCCCCC1.I. The van der Waals surface area contributed by atoms with E-state index in [9.17, 15) is 0 Å². The molecular weight excluding hydrogens is 361 g/mol. The van der Waals surface area contributed by atoms with Crippen molar-refractivity contribution in [2.45, 2.75) is 45.6 Å². The molecule has 0 aromatic heterocycles. The van der Waals surface area contributed by atoms with Crippen molar-refractivity contribution < 1.29 is 0 Å². The molecule has 1 fully saturated rings. The summed E-state index contributed by atoms with van der Waals surface area (Å²) in [5, 5.41) is 0. The van der Waals surface area contributed by atoms with Crippen LogP contribution in [0.2, 0.25) is 0 Å². The van der Waals surface area contributed by atoms with E-state index in [1.165, 1.54) is 36.8 Å². The molecule has 0 spiro atoms. The highest BCUT2D eigenvalue weighted by molar-refractivity contribution is 14.0. The zero-order valence-electron chi connectivity index (χ0n) is 12.3. The van der Waals surface area contributed by atoms with Crippen molar-refractivity contribution in [2.24, 2.45) is 10.7 Å². The summed E-state index contributed by atoms with van der Waals surface area (Å²) >= 11 is 0. The first kappa shape index (κ1) is 17.3. The molecule has 2 N–H and O–H groups in total. The molecular formula is C16H26IN3. The summed E-state index contributed by atoms with van der Waals surface area (Å²) in [6.07, 6.45) is 6.17. The Kier molecular flexibility index (Phi) is 7.95. The summed E-state index contributed by atoms with van der Waals surface area (Å²) in [6.45, 7) is 5.00. The van der Waals surface area contributed by atoms with E-state index in [-0.39, 0.29) is 24.0 Å². The molecule has 1 aromatic rings. The first-order valence-corrected chi connectivity index (χ1v) is 7.43. The maximum atomic E-state index is 6.13. The topological polar surface area (TPSA) is 41.6 Å². The van der Waals surface area contributed by atoms with Gasteiger partial charge in [0, 0.05) is 13.1 Å². The van der Waals surface area contributed by atoms with E-state index in [4.69, 9.17) is 5.73 Å². The van der Waals surface area contributed by atoms with Gasteiger partial charge in [0.15, 0.2) is 5.96 Å². The number of hydrogen-bond donors (Lipinski definition) is 1. The lowest BCUT2D eigenvalue weighted by Crippen LogP contribution is -2.38. The molecule has 1 heterocycles. The third-order valence-electron chi connectivity index (χ3n) is 3.84. The van der Waals surface area contributed by atoms with Gasteiger partial charge in [-0.1, -0.05) is 44.0 Å². The third kappa shape index (κ3) is 4.96. The van der Waals surface area contributed by atoms with E-state index in [1.807, 2.05) is 0 Å². The Labute approximate surface area is 139 Å². The van der Waals surface area contributed by atoms with E-state index >= 15 is 0 Å². The lowest BCUT2D eigenvalue weighted by atomic mass is 10.1. The molecule has 0 atom stereocenters. The van der Waals surface area contributed by atoms with Gasteiger partial charge in [0.2, 0.25) is 0 Å². The zero-order chi connectivity index (χ0) is 13.5. The number of guanidine groups is 1. The van der Waals surface area contributed by atoms with Crippen LogP contribution in [0.3, 0.4) is 0 Å². The Bertz CT molecular complexity index is 423. The van der Waals surface area contributed by atoms with Crippen LogP contribution in [-0.4, -0.2) is 23.9 Å². The second-order valence-electron chi connectivity index (χ2n) is 5.20. The van der Waals surface area contributed by atoms with E-state index in [2.05, 4.69) is 41.1 Å². The van der Waals surface area contributed by atoms with Crippen molar-refractivity contribution in [2.75, 3.05) is 13.1 Å². The van der Waals surface area contributed by atoms with E-state index in [0.717, 1.165) is 19.5 Å². The average molecular weight is 387 g/mol. The highest BCUT2D eigenvalue weighted by Crippen LogP contribution is 2.12. The van der Waals surface area contributed by atoms with Crippen LogP contribution in [0.5, 0.6) is 0 Å². The van der Waals surface area contributed by atoms with E-state index in [0.29, 0.717) is 12.5 Å². The van der Waals surface area contributed by atoms with Crippen LogP contribution in [0.15, 0.2) is 29.3 Å². The summed E-state index contributed by atoms with van der Waals surface area (Å²) in [6, 6.07) is 8.49. The van der Waals surface area contributed by atoms with Gasteiger partial charge in [0.1, 0.15) is 0 Å². The summed E-state index contributed by atoms with van der Waals surface area (Å²) in [5.74, 6) is 0.716. The standard InChI is InChI=1S/C16H25N3.HI/c1-2-14-9-5-6-10-15(14)13-18-16(17)19-11-7-3-4-8-12-19;/h5-6,9-10H,2-4,7-8,11-13H2,1H3,(H2,17,18);1H. The Balaban J connectivity index is 0.00000200. The Hall–Kier alpha value is -0.780. The molecule has 0 bridgehead atoms. The number of aliphatic imine (C=N–C) groups is 1. The van der Waals surface area contributed by atoms with Crippen LogP contribution < -0.4 is 5.73 Å². The van der Waals surface area contributed by atoms with Crippen molar-refractivity contribution in [3.63, 3.8) is 0 Å². The largest absolute Gasteiger partial charge is 0.370 e. The van der Waals surface area contributed by atoms with Crippen molar-refractivity contribution in [3.8, 4) is 0 Å². The number of nitrogens with zero attached hydrogens (tertiary/aromatic N) is 2. The normalized spacial score (nSPS) is 16.4. The number of aryl methyl sites for hydroxylation is 1. The predicted molar refractivity (Wildman–Crippen MR) is 96.6 cm³/mol. The fourth-order valence-electron chi connectivity index (χ4n) is 2.62.